The number of allylic oxidation sites excluding steroid dienone is 2. The van der Waals surface area contributed by atoms with Crippen LogP contribution < -0.4 is 14.8 Å². The van der Waals surface area contributed by atoms with Gasteiger partial charge in [0.15, 0.2) is 11.5 Å². The summed E-state index contributed by atoms with van der Waals surface area (Å²) in [5, 5.41) is 3.69. The number of benzene rings is 2. The standard InChI is InChI=1S/C23H24BrNO4/c1-4-29-23(26)13-8-9-19-17(10-13)15-6-5-7-16(15)21(25-19)14-11-18(24)22(28-3)20(12-14)27-2/h5-6,8-12,15-16,21,25H,4,7H2,1-3H3/t15-,16+,21+/m1/s1. The molecule has 29 heavy (non-hydrogen) atoms. The van der Waals surface area contributed by atoms with Gasteiger partial charge in [-0.05, 0) is 76.7 Å². The first-order chi connectivity index (χ1) is 14.1. The maximum Gasteiger partial charge on any atom is 0.338 e. The van der Waals surface area contributed by atoms with Crippen LogP contribution in [0.25, 0.3) is 0 Å². The summed E-state index contributed by atoms with van der Waals surface area (Å²) >= 11 is 3.61. The fraction of sp³-hybridized carbons (Fsp3) is 0.348. The number of carbonyl (C=O) groups is 1. The molecule has 2 aromatic rings. The van der Waals surface area contributed by atoms with E-state index in [4.69, 9.17) is 14.2 Å². The number of hydrogen-bond acceptors (Lipinski definition) is 5. The van der Waals surface area contributed by atoms with E-state index in [1.807, 2.05) is 31.2 Å². The molecule has 152 valence electrons. The van der Waals surface area contributed by atoms with Crippen molar-refractivity contribution in [2.75, 3.05) is 26.1 Å². The van der Waals surface area contributed by atoms with Gasteiger partial charge in [0, 0.05) is 11.6 Å². The predicted molar refractivity (Wildman–Crippen MR) is 116 cm³/mol. The van der Waals surface area contributed by atoms with Gasteiger partial charge in [-0.3, -0.25) is 0 Å². The molecule has 6 heteroatoms. The Balaban J connectivity index is 1.73. The van der Waals surface area contributed by atoms with Crippen molar-refractivity contribution < 1.29 is 19.0 Å². The zero-order valence-corrected chi connectivity index (χ0v) is 18.3. The lowest BCUT2D eigenvalue weighted by atomic mass is 9.76. The molecule has 0 aromatic heterocycles. The fourth-order valence-electron chi connectivity index (χ4n) is 4.38. The van der Waals surface area contributed by atoms with E-state index in [0.29, 0.717) is 29.6 Å². The number of hydrogen-bond donors (Lipinski definition) is 1. The van der Waals surface area contributed by atoms with Gasteiger partial charge < -0.3 is 19.5 Å². The number of ether oxygens (including phenoxy) is 3. The minimum atomic E-state index is -0.278. The third kappa shape index (κ3) is 3.50. The van der Waals surface area contributed by atoms with Crippen LogP contribution in [0.2, 0.25) is 0 Å². The molecule has 0 amide bonds. The highest BCUT2D eigenvalue weighted by Crippen LogP contribution is 2.51. The molecular weight excluding hydrogens is 434 g/mol. The highest BCUT2D eigenvalue weighted by molar-refractivity contribution is 9.10. The monoisotopic (exact) mass is 457 g/mol. The lowest BCUT2D eigenvalue weighted by molar-refractivity contribution is 0.0526. The minimum Gasteiger partial charge on any atom is -0.493 e. The number of carbonyl (C=O) groups excluding carboxylic acids is 1. The van der Waals surface area contributed by atoms with Crippen molar-refractivity contribution >= 4 is 27.6 Å². The molecule has 4 rings (SSSR count). The molecule has 0 saturated heterocycles. The Hall–Kier alpha value is -2.47. The minimum absolute atomic E-state index is 0.118. The van der Waals surface area contributed by atoms with E-state index in [2.05, 4.69) is 39.5 Å². The molecule has 0 saturated carbocycles. The Morgan fingerprint density at radius 2 is 2.03 bits per heavy atom. The Labute approximate surface area is 179 Å². The van der Waals surface area contributed by atoms with Crippen molar-refractivity contribution in [2.24, 2.45) is 5.92 Å². The molecule has 3 atom stereocenters. The predicted octanol–water partition coefficient (Wildman–Crippen LogP) is 5.47. The van der Waals surface area contributed by atoms with Crippen molar-refractivity contribution in [2.45, 2.75) is 25.3 Å². The number of halogens is 1. The molecule has 1 heterocycles. The molecule has 0 radical (unpaired) electrons. The SMILES string of the molecule is CCOC(=O)c1ccc2c(c1)[C@@H]1C=CC[C@@H]1[C@H](c1cc(Br)c(OC)c(OC)c1)N2. The summed E-state index contributed by atoms with van der Waals surface area (Å²) < 4.78 is 17.0. The summed E-state index contributed by atoms with van der Waals surface area (Å²) in [4.78, 5) is 12.2. The molecule has 0 bridgehead atoms. The van der Waals surface area contributed by atoms with Gasteiger partial charge >= 0.3 is 5.97 Å². The van der Waals surface area contributed by atoms with E-state index < -0.39 is 0 Å². The smallest absolute Gasteiger partial charge is 0.338 e. The van der Waals surface area contributed by atoms with Crippen LogP contribution in [0.3, 0.4) is 0 Å². The Kier molecular flexibility index (Phi) is 5.54. The van der Waals surface area contributed by atoms with E-state index in [1.165, 1.54) is 0 Å². The average Bonchev–Trinajstić information content (AvgIpc) is 3.22. The first-order valence-corrected chi connectivity index (χ1v) is 10.5. The van der Waals surface area contributed by atoms with Crippen molar-refractivity contribution in [1.82, 2.24) is 0 Å². The Morgan fingerprint density at radius 1 is 1.21 bits per heavy atom. The average molecular weight is 458 g/mol. The normalized spacial score (nSPS) is 21.7. The van der Waals surface area contributed by atoms with Crippen LogP contribution in [0.4, 0.5) is 5.69 Å². The van der Waals surface area contributed by atoms with E-state index in [9.17, 15) is 4.79 Å². The quantitative estimate of drug-likeness (QED) is 0.476. The van der Waals surface area contributed by atoms with E-state index in [-0.39, 0.29) is 17.9 Å². The molecule has 1 aliphatic carbocycles. The number of methoxy groups -OCH3 is 2. The van der Waals surface area contributed by atoms with Gasteiger partial charge in [-0.15, -0.1) is 0 Å². The van der Waals surface area contributed by atoms with E-state index in [0.717, 1.165) is 27.7 Å². The van der Waals surface area contributed by atoms with Crippen LogP contribution >= 0.6 is 15.9 Å². The Morgan fingerprint density at radius 3 is 2.76 bits per heavy atom. The number of fused-ring (bicyclic) bond motifs is 3. The summed E-state index contributed by atoms with van der Waals surface area (Å²) in [6.45, 7) is 2.19. The zero-order chi connectivity index (χ0) is 20.5. The van der Waals surface area contributed by atoms with Crippen molar-refractivity contribution in [1.29, 1.82) is 0 Å². The largest absolute Gasteiger partial charge is 0.493 e. The summed E-state index contributed by atoms with van der Waals surface area (Å²) in [5.74, 6) is 1.71. The molecule has 0 unspecified atom stereocenters. The second-order valence-corrected chi connectivity index (χ2v) is 8.09. The van der Waals surface area contributed by atoms with Crippen molar-refractivity contribution in [3.05, 3.63) is 63.6 Å². The van der Waals surface area contributed by atoms with E-state index in [1.54, 1.807) is 14.2 Å². The van der Waals surface area contributed by atoms with Crippen molar-refractivity contribution in [3.63, 3.8) is 0 Å². The second kappa shape index (κ2) is 8.11. The van der Waals surface area contributed by atoms with Gasteiger partial charge in [-0.25, -0.2) is 4.79 Å². The molecule has 2 aliphatic rings. The zero-order valence-electron chi connectivity index (χ0n) is 16.7. The lowest BCUT2D eigenvalue weighted by Gasteiger charge is -2.38. The van der Waals surface area contributed by atoms with Crippen LogP contribution in [-0.4, -0.2) is 26.8 Å². The molecule has 2 aromatic carbocycles. The van der Waals surface area contributed by atoms with Crippen LogP contribution in [0.1, 0.15) is 46.8 Å². The number of anilines is 1. The van der Waals surface area contributed by atoms with Gasteiger partial charge in [0.05, 0.1) is 36.9 Å². The van der Waals surface area contributed by atoms with Crippen LogP contribution in [0.5, 0.6) is 11.5 Å². The summed E-state index contributed by atoms with van der Waals surface area (Å²) in [6.07, 6.45) is 5.45. The van der Waals surface area contributed by atoms with Crippen molar-refractivity contribution in [3.8, 4) is 11.5 Å². The second-order valence-electron chi connectivity index (χ2n) is 7.24. The van der Waals surface area contributed by atoms with Gasteiger partial charge in [-0.2, -0.15) is 0 Å². The topological polar surface area (TPSA) is 56.8 Å². The molecular formula is C23H24BrNO4. The number of nitrogens with one attached hydrogen (secondary N) is 1. The highest BCUT2D eigenvalue weighted by Gasteiger charge is 2.38. The number of rotatable bonds is 5. The van der Waals surface area contributed by atoms with Crippen LogP contribution in [0.15, 0.2) is 47.0 Å². The maximum absolute atomic E-state index is 12.2. The molecule has 1 aliphatic heterocycles. The molecule has 0 fully saturated rings. The third-order valence-corrected chi connectivity index (χ3v) is 6.28. The van der Waals surface area contributed by atoms with E-state index >= 15 is 0 Å². The Bertz CT molecular complexity index is 972. The van der Waals surface area contributed by atoms with Crippen LogP contribution in [0, 0.1) is 5.92 Å². The van der Waals surface area contributed by atoms with Gasteiger partial charge in [0.2, 0.25) is 0 Å². The summed E-state index contributed by atoms with van der Waals surface area (Å²) in [6, 6.07) is 10.0. The summed E-state index contributed by atoms with van der Waals surface area (Å²) in [7, 11) is 3.28. The van der Waals surface area contributed by atoms with Crippen LogP contribution in [-0.2, 0) is 4.74 Å². The molecule has 1 N–H and O–H groups in total. The maximum atomic E-state index is 12.2. The van der Waals surface area contributed by atoms with Gasteiger partial charge in [0.1, 0.15) is 0 Å². The highest BCUT2D eigenvalue weighted by atomic mass is 79.9. The van der Waals surface area contributed by atoms with Gasteiger partial charge in [-0.1, -0.05) is 12.2 Å². The summed E-state index contributed by atoms with van der Waals surface area (Å²) in [5.41, 5.74) is 3.92. The van der Waals surface area contributed by atoms with Gasteiger partial charge in [0.25, 0.3) is 0 Å². The first-order valence-electron chi connectivity index (χ1n) is 9.73. The first kappa shape index (κ1) is 19.8. The molecule has 5 nitrogen and oxygen atoms in total. The molecule has 0 spiro atoms. The third-order valence-electron chi connectivity index (χ3n) is 5.69. The number of esters is 1. The fourth-order valence-corrected chi connectivity index (χ4v) is 5.00. The lowest BCUT2D eigenvalue weighted by Crippen LogP contribution is -2.29.